The highest BCUT2D eigenvalue weighted by molar-refractivity contribution is 5.88. The van der Waals surface area contributed by atoms with E-state index in [1.807, 2.05) is 30.3 Å². The van der Waals surface area contributed by atoms with E-state index in [0.29, 0.717) is 18.0 Å². The van der Waals surface area contributed by atoms with Gasteiger partial charge in [-0.25, -0.2) is 0 Å². The molecule has 0 aliphatic carbocycles. The van der Waals surface area contributed by atoms with E-state index in [2.05, 4.69) is 10.6 Å². The molecule has 0 unspecified atom stereocenters. The van der Waals surface area contributed by atoms with E-state index in [1.54, 1.807) is 12.1 Å². The van der Waals surface area contributed by atoms with Crippen LogP contribution in [0.2, 0.25) is 0 Å². The second kappa shape index (κ2) is 7.04. The number of hydrogen-bond acceptors (Lipinski definition) is 4. The van der Waals surface area contributed by atoms with Gasteiger partial charge in [0, 0.05) is 19.2 Å². The molecule has 6 heteroatoms. The van der Waals surface area contributed by atoms with Crippen LogP contribution in [0.25, 0.3) is 0 Å². The molecule has 0 fully saturated rings. The lowest BCUT2D eigenvalue weighted by Gasteiger charge is -2.07. The Labute approximate surface area is 139 Å². The van der Waals surface area contributed by atoms with Gasteiger partial charge in [-0.05, 0) is 35.4 Å². The molecule has 2 amide bonds. The van der Waals surface area contributed by atoms with Crippen molar-refractivity contribution in [3.8, 4) is 11.5 Å². The van der Waals surface area contributed by atoms with Crippen LogP contribution < -0.4 is 20.1 Å². The van der Waals surface area contributed by atoms with Crippen LogP contribution in [0.4, 0.5) is 5.69 Å². The Morgan fingerprint density at radius 3 is 2.46 bits per heavy atom. The molecule has 1 aliphatic heterocycles. The van der Waals surface area contributed by atoms with Gasteiger partial charge in [0.05, 0.1) is 6.42 Å². The number of anilines is 1. The monoisotopic (exact) mass is 326 g/mol. The van der Waals surface area contributed by atoms with Crippen molar-refractivity contribution in [2.45, 2.75) is 19.9 Å². The highest BCUT2D eigenvalue weighted by atomic mass is 16.7. The summed E-state index contributed by atoms with van der Waals surface area (Å²) < 4.78 is 10.6. The SMILES string of the molecule is CC(=O)Nc1ccc(CC(=O)NCc2ccc3c(c2)OCO3)cc1. The van der Waals surface area contributed by atoms with Crippen molar-refractivity contribution in [2.24, 2.45) is 0 Å². The number of carbonyl (C=O) groups excluding carboxylic acids is 2. The van der Waals surface area contributed by atoms with Crippen LogP contribution in [0.5, 0.6) is 11.5 Å². The number of nitrogens with one attached hydrogen (secondary N) is 2. The lowest BCUT2D eigenvalue weighted by atomic mass is 10.1. The summed E-state index contributed by atoms with van der Waals surface area (Å²) in [5.41, 5.74) is 2.55. The van der Waals surface area contributed by atoms with Gasteiger partial charge in [-0.3, -0.25) is 9.59 Å². The average Bonchev–Trinajstić information content (AvgIpc) is 3.02. The molecule has 0 radical (unpaired) electrons. The molecule has 24 heavy (non-hydrogen) atoms. The molecule has 124 valence electrons. The lowest BCUT2D eigenvalue weighted by Crippen LogP contribution is -2.24. The van der Waals surface area contributed by atoms with Crippen LogP contribution in [-0.2, 0) is 22.6 Å². The van der Waals surface area contributed by atoms with Gasteiger partial charge in [-0.15, -0.1) is 0 Å². The maximum absolute atomic E-state index is 12.0. The predicted molar refractivity (Wildman–Crippen MR) is 88.9 cm³/mol. The van der Waals surface area contributed by atoms with Crippen molar-refractivity contribution >= 4 is 17.5 Å². The van der Waals surface area contributed by atoms with Crippen LogP contribution in [0, 0.1) is 0 Å². The first-order chi connectivity index (χ1) is 11.6. The van der Waals surface area contributed by atoms with E-state index in [1.165, 1.54) is 6.92 Å². The molecule has 2 N–H and O–H groups in total. The molecule has 0 saturated carbocycles. The minimum atomic E-state index is -0.121. The van der Waals surface area contributed by atoms with Crippen LogP contribution in [-0.4, -0.2) is 18.6 Å². The van der Waals surface area contributed by atoms with Gasteiger partial charge in [-0.1, -0.05) is 18.2 Å². The number of hydrogen-bond donors (Lipinski definition) is 2. The molecule has 2 aromatic carbocycles. The summed E-state index contributed by atoms with van der Waals surface area (Å²) in [5, 5.41) is 5.57. The lowest BCUT2D eigenvalue weighted by molar-refractivity contribution is -0.120. The van der Waals surface area contributed by atoms with E-state index in [9.17, 15) is 9.59 Å². The second-order valence-corrected chi connectivity index (χ2v) is 5.52. The molecule has 3 rings (SSSR count). The van der Waals surface area contributed by atoms with Gasteiger partial charge in [-0.2, -0.15) is 0 Å². The van der Waals surface area contributed by atoms with Gasteiger partial charge in [0.15, 0.2) is 11.5 Å². The first-order valence-electron chi connectivity index (χ1n) is 7.62. The topological polar surface area (TPSA) is 76.7 Å². The highest BCUT2D eigenvalue weighted by Gasteiger charge is 2.13. The largest absolute Gasteiger partial charge is 0.454 e. The zero-order valence-electron chi connectivity index (χ0n) is 13.3. The Bertz CT molecular complexity index is 756. The summed E-state index contributed by atoms with van der Waals surface area (Å²) in [5.74, 6) is 1.24. The Hall–Kier alpha value is -3.02. The third kappa shape index (κ3) is 4.04. The van der Waals surface area contributed by atoms with Crippen molar-refractivity contribution in [1.29, 1.82) is 0 Å². The molecular weight excluding hydrogens is 308 g/mol. The first kappa shape index (κ1) is 15.9. The fourth-order valence-corrected chi connectivity index (χ4v) is 2.41. The second-order valence-electron chi connectivity index (χ2n) is 5.52. The number of fused-ring (bicyclic) bond motifs is 1. The van der Waals surface area contributed by atoms with Crippen molar-refractivity contribution in [1.82, 2.24) is 5.32 Å². The standard InChI is InChI=1S/C18H18N2O4/c1-12(21)20-15-5-2-13(3-6-15)9-18(22)19-10-14-4-7-16-17(8-14)24-11-23-16/h2-8H,9-11H2,1H3,(H,19,22)(H,20,21). The number of amides is 2. The third-order valence-corrected chi connectivity index (χ3v) is 3.57. The summed E-state index contributed by atoms with van der Waals surface area (Å²) >= 11 is 0. The van der Waals surface area contributed by atoms with Gasteiger partial charge >= 0.3 is 0 Å². The van der Waals surface area contributed by atoms with E-state index >= 15 is 0 Å². The van der Waals surface area contributed by atoms with Gasteiger partial charge in [0.25, 0.3) is 0 Å². The van der Waals surface area contributed by atoms with Crippen molar-refractivity contribution < 1.29 is 19.1 Å². The number of carbonyl (C=O) groups is 2. The normalized spacial score (nSPS) is 11.9. The van der Waals surface area contributed by atoms with Crippen molar-refractivity contribution in [3.63, 3.8) is 0 Å². The summed E-state index contributed by atoms with van der Waals surface area (Å²) in [7, 11) is 0. The minimum Gasteiger partial charge on any atom is -0.454 e. The first-order valence-corrected chi connectivity index (χ1v) is 7.62. The molecule has 0 bridgehead atoms. The number of benzene rings is 2. The fourth-order valence-electron chi connectivity index (χ4n) is 2.41. The number of rotatable bonds is 5. The van der Waals surface area contributed by atoms with Gasteiger partial charge in [0.1, 0.15) is 0 Å². The quantitative estimate of drug-likeness (QED) is 0.883. The van der Waals surface area contributed by atoms with Crippen LogP contribution in [0.3, 0.4) is 0 Å². The molecule has 6 nitrogen and oxygen atoms in total. The van der Waals surface area contributed by atoms with Gasteiger partial charge in [0.2, 0.25) is 18.6 Å². The summed E-state index contributed by atoms with van der Waals surface area (Å²) in [6.07, 6.45) is 0.283. The molecule has 0 spiro atoms. The molecular formula is C18H18N2O4. The zero-order valence-corrected chi connectivity index (χ0v) is 13.3. The predicted octanol–water partition coefficient (Wildman–Crippen LogP) is 2.23. The van der Waals surface area contributed by atoms with Gasteiger partial charge < -0.3 is 20.1 Å². The summed E-state index contributed by atoms with van der Waals surface area (Å²) in [6.45, 7) is 2.12. The number of ether oxygens (including phenoxy) is 2. The average molecular weight is 326 g/mol. The fraction of sp³-hybridized carbons (Fsp3) is 0.222. The third-order valence-electron chi connectivity index (χ3n) is 3.57. The zero-order chi connectivity index (χ0) is 16.9. The van der Waals surface area contributed by atoms with Crippen molar-refractivity contribution in [2.75, 3.05) is 12.1 Å². The Morgan fingerprint density at radius 2 is 1.71 bits per heavy atom. The Morgan fingerprint density at radius 1 is 1.00 bits per heavy atom. The summed E-state index contributed by atoms with van der Waals surface area (Å²) in [4.78, 5) is 23.0. The molecule has 2 aromatic rings. The molecule has 0 saturated heterocycles. The van der Waals surface area contributed by atoms with E-state index in [4.69, 9.17) is 9.47 Å². The van der Waals surface area contributed by atoms with Crippen molar-refractivity contribution in [3.05, 3.63) is 53.6 Å². The maximum atomic E-state index is 12.0. The van der Waals surface area contributed by atoms with Crippen LogP contribution in [0.15, 0.2) is 42.5 Å². The molecule has 0 atom stereocenters. The van der Waals surface area contributed by atoms with E-state index < -0.39 is 0 Å². The highest BCUT2D eigenvalue weighted by Crippen LogP contribution is 2.32. The Balaban J connectivity index is 1.51. The van der Waals surface area contributed by atoms with Crippen LogP contribution >= 0.6 is 0 Å². The van der Waals surface area contributed by atoms with E-state index in [0.717, 1.165) is 16.9 Å². The maximum Gasteiger partial charge on any atom is 0.231 e. The minimum absolute atomic E-state index is 0.0695. The molecule has 1 aliphatic rings. The Kier molecular flexibility index (Phi) is 4.65. The molecule has 1 heterocycles. The van der Waals surface area contributed by atoms with Crippen LogP contribution in [0.1, 0.15) is 18.1 Å². The van der Waals surface area contributed by atoms with E-state index in [-0.39, 0.29) is 25.0 Å². The molecule has 0 aromatic heterocycles. The summed E-state index contributed by atoms with van der Waals surface area (Å²) in [6, 6.07) is 12.8. The smallest absolute Gasteiger partial charge is 0.231 e.